The Labute approximate surface area is 146 Å². The van der Waals surface area contributed by atoms with Crippen molar-refractivity contribution >= 4 is 5.97 Å². The molecule has 0 spiro atoms. The van der Waals surface area contributed by atoms with Crippen LogP contribution in [-0.4, -0.2) is 55.0 Å². The number of aliphatic hydroxyl groups excluding tert-OH is 1. The minimum atomic E-state index is -1.14. The van der Waals surface area contributed by atoms with Gasteiger partial charge in [-0.05, 0) is 31.9 Å². The van der Waals surface area contributed by atoms with Crippen LogP contribution in [0.3, 0.4) is 0 Å². The zero-order valence-electron chi connectivity index (χ0n) is 14.4. The lowest BCUT2D eigenvalue weighted by molar-refractivity contribution is -0.163. The van der Waals surface area contributed by atoms with Crippen molar-refractivity contribution in [2.24, 2.45) is 5.41 Å². The Morgan fingerprint density at radius 1 is 1.36 bits per heavy atom. The summed E-state index contributed by atoms with van der Waals surface area (Å²) in [4.78, 5) is 18.3. The van der Waals surface area contributed by atoms with Gasteiger partial charge in [-0.2, -0.15) is 5.10 Å². The zero-order chi connectivity index (χ0) is 17.9. The Kier molecular flexibility index (Phi) is 5.15. The molecule has 134 valence electrons. The third-order valence-electron chi connectivity index (χ3n) is 5.09. The first-order valence-corrected chi connectivity index (χ1v) is 8.59. The summed E-state index contributed by atoms with van der Waals surface area (Å²) >= 11 is 0. The molecule has 0 bridgehead atoms. The summed E-state index contributed by atoms with van der Waals surface area (Å²) < 4.78 is 1.81. The molecule has 1 aliphatic heterocycles. The number of aryl methyl sites for hydroxylation is 1. The maximum absolute atomic E-state index is 12.0. The second-order valence-corrected chi connectivity index (χ2v) is 6.62. The highest BCUT2D eigenvalue weighted by Crippen LogP contribution is 2.36. The highest BCUT2D eigenvalue weighted by molar-refractivity contribution is 5.76. The minimum absolute atomic E-state index is 0.315. The van der Waals surface area contributed by atoms with E-state index in [0.717, 1.165) is 17.9 Å². The number of aliphatic hydroxyl groups is 1. The monoisotopic (exact) mass is 344 g/mol. The van der Waals surface area contributed by atoms with Gasteiger partial charge in [0.2, 0.25) is 0 Å². The Hall–Kier alpha value is -2.25. The summed E-state index contributed by atoms with van der Waals surface area (Å²) in [5.41, 5.74) is -0.209. The first kappa shape index (κ1) is 17.6. The molecule has 1 fully saturated rings. The summed E-state index contributed by atoms with van der Waals surface area (Å²) in [6.07, 6.45) is 1.33. The van der Waals surface area contributed by atoms with Crippen molar-refractivity contribution in [1.29, 1.82) is 0 Å². The highest BCUT2D eigenvalue weighted by atomic mass is 16.4. The van der Waals surface area contributed by atoms with Crippen LogP contribution in [-0.2, 0) is 24.3 Å². The molecule has 0 amide bonds. The number of rotatable bonds is 6. The van der Waals surface area contributed by atoms with Gasteiger partial charge in [-0.25, -0.2) is 9.67 Å². The lowest BCUT2D eigenvalue weighted by atomic mass is 9.71. The highest BCUT2D eigenvalue weighted by Gasteiger charge is 2.48. The first-order chi connectivity index (χ1) is 12.0. The predicted octanol–water partition coefficient (Wildman–Crippen LogP) is 1.18. The van der Waals surface area contributed by atoms with Crippen molar-refractivity contribution in [3.8, 4) is 0 Å². The van der Waals surface area contributed by atoms with Gasteiger partial charge in [-0.1, -0.05) is 30.3 Å². The summed E-state index contributed by atoms with van der Waals surface area (Å²) in [6.45, 7) is 4.21. The van der Waals surface area contributed by atoms with Gasteiger partial charge in [0.1, 0.15) is 17.6 Å². The van der Waals surface area contributed by atoms with Crippen LogP contribution in [0.1, 0.15) is 24.7 Å². The fourth-order valence-corrected chi connectivity index (χ4v) is 3.54. The number of likely N-dealkylation sites (tertiary alicyclic amines) is 1. The fourth-order valence-electron chi connectivity index (χ4n) is 3.54. The van der Waals surface area contributed by atoms with E-state index in [1.165, 1.54) is 6.33 Å². The third kappa shape index (κ3) is 3.57. The van der Waals surface area contributed by atoms with E-state index in [9.17, 15) is 15.0 Å². The van der Waals surface area contributed by atoms with Crippen LogP contribution < -0.4 is 0 Å². The molecule has 0 unspecified atom stereocenters. The number of benzene rings is 1. The van der Waals surface area contributed by atoms with Crippen LogP contribution in [0, 0.1) is 5.41 Å². The Morgan fingerprint density at radius 2 is 2.12 bits per heavy atom. The van der Waals surface area contributed by atoms with Gasteiger partial charge in [-0.3, -0.25) is 9.69 Å². The SMILES string of the molecule is CCn1ncnc1CN1CC[C@](Cc2ccccc2)(C(=O)O)[C@H](O)C1. The lowest BCUT2D eigenvalue weighted by Gasteiger charge is -2.42. The van der Waals surface area contributed by atoms with E-state index in [1.54, 1.807) is 0 Å². The molecule has 1 aromatic heterocycles. The molecule has 2 aromatic rings. The van der Waals surface area contributed by atoms with Gasteiger partial charge in [-0.15, -0.1) is 0 Å². The van der Waals surface area contributed by atoms with Gasteiger partial charge >= 0.3 is 5.97 Å². The Bertz CT molecular complexity index is 718. The fraction of sp³-hybridized carbons (Fsp3) is 0.500. The molecule has 0 aliphatic carbocycles. The standard InChI is InChI=1S/C18H24N4O3/c1-2-22-16(19-13-20-22)12-21-9-8-18(17(24)25,15(23)11-21)10-14-6-4-3-5-7-14/h3-7,13,15,23H,2,8-12H2,1H3,(H,24,25)/t15-,18-/m1/s1. The first-order valence-electron chi connectivity index (χ1n) is 8.59. The van der Waals surface area contributed by atoms with E-state index >= 15 is 0 Å². The van der Waals surface area contributed by atoms with Crippen molar-refractivity contribution in [3.63, 3.8) is 0 Å². The maximum atomic E-state index is 12.0. The topological polar surface area (TPSA) is 91.5 Å². The molecule has 0 radical (unpaired) electrons. The molecule has 3 rings (SSSR count). The number of hydrogen-bond donors (Lipinski definition) is 2. The molecule has 2 heterocycles. The number of aromatic nitrogens is 3. The number of carboxylic acid groups (broad SMARTS) is 1. The maximum Gasteiger partial charge on any atom is 0.312 e. The number of carbonyl (C=O) groups is 1. The second kappa shape index (κ2) is 7.33. The van der Waals surface area contributed by atoms with Crippen LogP contribution in [0.25, 0.3) is 0 Å². The number of carboxylic acids is 1. The van der Waals surface area contributed by atoms with Gasteiger partial charge in [0, 0.05) is 13.1 Å². The van der Waals surface area contributed by atoms with E-state index in [4.69, 9.17) is 0 Å². The molecule has 25 heavy (non-hydrogen) atoms. The average molecular weight is 344 g/mol. The third-order valence-corrected chi connectivity index (χ3v) is 5.09. The van der Waals surface area contributed by atoms with Gasteiger partial charge in [0.05, 0.1) is 12.6 Å². The van der Waals surface area contributed by atoms with Crippen LogP contribution in [0.4, 0.5) is 0 Å². The normalized spacial score (nSPS) is 24.3. The van der Waals surface area contributed by atoms with Crippen molar-refractivity contribution in [1.82, 2.24) is 19.7 Å². The summed E-state index contributed by atoms with van der Waals surface area (Å²) in [5, 5.41) is 24.7. The average Bonchev–Trinajstić information content (AvgIpc) is 3.05. The van der Waals surface area contributed by atoms with Crippen molar-refractivity contribution < 1.29 is 15.0 Å². The lowest BCUT2D eigenvalue weighted by Crippen LogP contribution is -2.55. The molecule has 2 atom stereocenters. The van der Waals surface area contributed by atoms with Crippen molar-refractivity contribution in [2.45, 2.75) is 39.0 Å². The second-order valence-electron chi connectivity index (χ2n) is 6.62. The predicted molar refractivity (Wildman–Crippen MR) is 91.8 cm³/mol. The number of aliphatic carboxylic acids is 1. The molecule has 2 N–H and O–H groups in total. The number of nitrogens with zero attached hydrogens (tertiary/aromatic N) is 4. The van der Waals surface area contributed by atoms with Gasteiger partial charge in [0.25, 0.3) is 0 Å². The number of hydrogen-bond acceptors (Lipinski definition) is 5. The molecule has 0 saturated carbocycles. The smallest absolute Gasteiger partial charge is 0.312 e. The van der Waals surface area contributed by atoms with E-state index in [2.05, 4.69) is 10.1 Å². The minimum Gasteiger partial charge on any atom is -0.481 e. The van der Waals surface area contributed by atoms with Crippen LogP contribution in [0.2, 0.25) is 0 Å². The number of piperidine rings is 1. The van der Waals surface area contributed by atoms with Gasteiger partial charge in [0.15, 0.2) is 0 Å². The molecular weight excluding hydrogens is 320 g/mol. The molecule has 1 saturated heterocycles. The van der Waals surface area contributed by atoms with Crippen LogP contribution in [0.5, 0.6) is 0 Å². The summed E-state index contributed by atoms with van der Waals surface area (Å²) in [5.74, 6) is -0.0965. The molecular formula is C18H24N4O3. The van der Waals surface area contributed by atoms with E-state index < -0.39 is 17.5 Å². The van der Waals surface area contributed by atoms with E-state index in [-0.39, 0.29) is 0 Å². The largest absolute Gasteiger partial charge is 0.481 e. The summed E-state index contributed by atoms with van der Waals surface area (Å²) in [7, 11) is 0. The Balaban J connectivity index is 1.73. The van der Waals surface area contributed by atoms with Crippen LogP contribution >= 0.6 is 0 Å². The van der Waals surface area contributed by atoms with E-state index in [0.29, 0.717) is 32.5 Å². The molecule has 7 heteroatoms. The van der Waals surface area contributed by atoms with Gasteiger partial charge < -0.3 is 10.2 Å². The quantitative estimate of drug-likeness (QED) is 0.818. The van der Waals surface area contributed by atoms with E-state index in [1.807, 2.05) is 46.8 Å². The van der Waals surface area contributed by atoms with Crippen molar-refractivity contribution in [3.05, 3.63) is 48.0 Å². The summed E-state index contributed by atoms with van der Waals surface area (Å²) in [6, 6.07) is 9.51. The molecule has 1 aromatic carbocycles. The van der Waals surface area contributed by atoms with Crippen molar-refractivity contribution in [2.75, 3.05) is 13.1 Å². The Morgan fingerprint density at radius 3 is 2.76 bits per heavy atom. The number of β-amino-alcohol motifs (C(OH)–C–C–N with tert-alkyl or cyclic N) is 1. The molecule has 1 aliphatic rings. The zero-order valence-corrected chi connectivity index (χ0v) is 14.4. The molecule has 7 nitrogen and oxygen atoms in total. The van der Waals surface area contributed by atoms with Crippen LogP contribution in [0.15, 0.2) is 36.7 Å².